The van der Waals surface area contributed by atoms with Crippen LogP contribution in [0, 0.1) is 0 Å². The van der Waals surface area contributed by atoms with Gasteiger partial charge in [0.2, 0.25) is 0 Å². The van der Waals surface area contributed by atoms with E-state index in [2.05, 4.69) is 25.6 Å². The summed E-state index contributed by atoms with van der Waals surface area (Å²) in [5.74, 6) is 0. The van der Waals surface area contributed by atoms with Gasteiger partial charge in [0.25, 0.3) is 0 Å². The van der Waals surface area contributed by atoms with Crippen molar-refractivity contribution in [2.75, 3.05) is 6.61 Å². The van der Waals surface area contributed by atoms with Crippen molar-refractivity contribution in [2.45, 2.75) is 44.4 Å². The fourth-order valence-corrected chi connectivity index (χ4v) is 3.20. The lowest BCUT2D eigenvalue weighted by molar-refractivity contribution is 0.238. The van der Waals surface area contributed by atoms with Crippen LogP contribution >= 0.6 is 27.5 Å². The third-order valence-electron chi connectivity index (χ3n) is 2.89. The molecule has 1 rings (SSSR count). The molecule has 0 aliphatic rings. The summed E-state index contributed by atoms with van der Waals surface area (Å²) in [7, 11) is -1.29. The minimum absolute atomic E-state index is 0.0479. The zero-order valence-electron chi connectivity index (χ0n) is 12.0. The summed E-state index contributed by atoms with van der Waals surface area (Å²) in [6, 6.07) is 1.83. The van der Waals surface area contributed by atoms with Gasteiger partial charge in [-0.15, -0.1) is 0 Å². The molecule has 0 spiro atoms. The standard InChI is InChI=1S/C13H20BrClN2O2S/c1-12(2,3)20(19)17-13(4,5-6-18)10-7-9(14)8-16-11(10)15/h7-8,17-18H,5-6H2,1-4H3/t13-,20+/m0/s1. The highest BCUT2D eigenvalue weighted by atomic mass is 79.9. The van der Waals surface area contributed by atoms with Crippen molar-refractivity contribution in [3.63, 3.8) is 0 Å². The SMILES string of the molecule is CC(C)(C)[S@@](=O)N[C@@](C)(CCO)c1cc(Br)cnc1Cl. The van der Waals surface area contributed by atoms with E-state index in [1.165, 1.54) is 0 Å². The summed E-state index contributed by atoms with van der Waals surface area (Å²) in [6.45, 7) is 7.47. The fraction of sp³-hybridized carbons (Fsp3) is 0.615. The maximum Gasteiger partial charge on any atom is 0.134 e. The highest BCUT2D eigenvalue weighted by Gasteiger charge is 2.34. The molecule has 1 aromatic rings. The Kier molecular flexibility index (Phi) is 6.16. The number of pyridine rings is 1. The van der Waals surface area contributed by atoms with Crippen LogP contribution in [0.4, 0.5) is 0 Å². The number of hydrogen-bond acceptors (Lipinski definition) is 3. The minimum atomic E-state index is -1.29. The number of aliphatic hydroxyl groups is 1. The van der Waals surface area contributed by atoms with Crippen molar-refractivity contribution in [1.29, 1.82) is 0 Å². The summed E-state index contributed by atoms with van der Waals surface area (Å²) in [5, 5.41) is 9.66. The Morgan fingerprint density at radius 1 is 1.45 bits per heavy atom. The van der Waals surface area contributed by atoms with Crippen LogP contribution in [0.1, 0.15) is 39.7 Å². The van der Waals surface area contributed by atoms with Crippen molar-refractivity contribution in [3.05, 3.63) is 27.5 Å². The van der Waals surface area contributed by atoms with Gasteiger partial charge in [0.05, 0.1) is 21.3 Å². The zero-order chi connectivity index (χ0) is 15.6. The lowest BCUT2D eigenvalue weighted by Gasteiger charge is -2.33. The summed E-state index contributed by atoms with van der Waals surface area (Å²) in [4.78, 5) is 4.09. The molecular weight excluding hydrogens is 364 g/mol. The summed E-state index contributed by atoms with van der Waals surface area (Å²) < 4.78 is 15.8. The van der Waals surface area contributed by atoms with Crippen LogP contribution in [0.25, 0.3) is 0 Å². The van der Waals surface area contributed by atoms with Gasteiger partial charge < -0.3 is 5.11 Å². The van der Waals surface area contributed by atoms with Crippen molar-refractivity contribution < 1.29 is 9.32 Å². The van der Waals surface area contributed by atoms with Gasteiger partial charge in [-0.05, 0) is 56.1 Å². The average Bonchev–Trinajstić information content (AvgIpc) is 2.31. The van der Waals surface area contributed by atoms with Gasteiger partial charge in [-0.3, -0.25) is 0 Å². The fourth-order valence-electron chi connectivity index (χ4n) is 1.63. The Balaban J connectivity index is 3.21. The molecule has 4 nitrogen and oxygen atoms in total. The zero-order valence-corrected chi connectivity index (χ0v) is 15.2. The van der Waals surface area contributed by atoms with E-state index in [0.29, 0.717) is 17.1 Å². The highest BCUT2D eigenvalue weighted by Crippen LogP contribution is 2.32. The summed E-state index contributed by atoms with van der Waals surface area (Å²) in [6.07, 6.45) is 1.98. The smallest absolute Gasteiger partial charge is 0.134 e. The van der Waals surface area contributed by atoms with Crippen LogP contribution in [0.5, 0.6) is 0 Å². The van der Waals surface area contributed by atoms with E-state index < -0.39 is 21.3 Å². The number of nitrogens with zero attached hydrogens (tertiary/aromatic N) is 1. The molecule has 0 aliphatic carbocycles. The number of rotatable bonds is 5. The van der Waals surface area contributed by atoms with Crippen LogP contribution in [0.3, 0.4) is 0 Å². The molecule has 7 heteroatoms. The second-order valence-corrected chi connectivity index (χ2v) is 9.02. The first-order valence-electron chi connectivity index (χ1n) is 6.22. The third kappa shape index (κ3) is 4.49. The van der Waals surface area contributed by atoms with Crippen LogP contribution < -0.4 is 4.72 Å². The first-order chi connectivity index (χ1) is 9.10. The maximum atomic E-state index is 12.4. The van der Waals surface area contributed by atoms with Gasteiger partial charge in [0.15, 0.2) is 0 Å². The highest BCUT2D eigenvalue weighted by molar-refractivity contribution is 9.10. The first-order valence-corrected chi connectivity index (χ1v) is 8.54. The Morgan fingerprint density at radius 2 is 2.05 bits per heavy atom. The molecule has 20 heavy (non-hydrogen) atoms. The van der Waals surface area contributed by atoms with E-state index in [9.17, 15) is 9.32 Å². The van der Waals surface area contributed by atoms with Gasteiger partial charge in [-0.1, -0.05) is 11.6 Å². The van der Waals surface area contributed by atoms with Crippen LogP contribution in [0.2, 0.25) is 5.15 Å². The molecule has 0 amide bonds. The van der Waals surface area contributed by atoms with Crippen LogP contribution in [-0.2, 0) is 16.5 Å². The topological polar surface area (TPSA) is 62.2 Å². The Labute approximate surface area is 136 Å². The second kappa shape index (κ2) is 6.83. The molecule has 0 radical (unpaired) electrons. The van der Waals surface area contributed by atoms with Crippen LogP contribution in [0.15, 0.2) is 16.7 Å². The summed E-state index contributed by atoms with van der Waals surface area (Å²) in [5.41, 5.74) is -0.0130. The van der Waals surface area contributed by atoms with E-state index >= 15 is 0 Å². The largest absolute Gasteiger partial charge is 0.396 e. The molecule has 0 aliphatic heterocycles. The summed E-state index contributed by atoms with van der Waals surface area (Å²) >= 11 is 9.52. The maximum absolute atomic E-state index is 12.4. The van der Waals surface area contributed by atoms with Gasteiger partial charge in [-0.25, -0.2) is 13.9 Å². The number of aromatic nitrogens is 1. The van der Waals surface area contributed by atoms with Crippen molar-refractivity contribution in [3.8, 4) is 0 Å². The van der Waals surface area contributed by atoms with E-state index in [1.807, 2.05) is 33.8 Å². The molecule has 0 saturated carbocycles. The van der Waals surface area contributed by atoms with Gasteiger partial charge in [0.1, 0.15) is 5.15 Å². The van der Waals surface area contributed by atoms with Gasteiger partial charge in [-0.2, -0.15) is 0 Å². The van der Waals surface area contributed by atoms with Gasteiger partial charge >= 0.3 is 0 Å². The number of aliphatic hydroxyl groups excluding tert-OH is 1. The van der Waals surface area contributed by atoms with E-state index in [-0.39, 0.29) is 6.61 Å². The predicted octanol–water partition coefficient (Wildman–Crippen LogP) is 3.15. The molecule has 2 atom stereocenters. The average molecular weight is 384 g/mol. The number of hydrogen-bond donors (Lipinski definition) is 2. The normalized spacial score (nSPS) is 16.8. The molecular formula is C13H20BrClN2O2S. The lowest BCUT2D eigenvalue weighted by Crippen LogP contribution is -2.47. The van der Waals surface area contributed by atoms with E-state index in [0.717, 1.165) is 4.47 Å². The third-order valence-corrected chi connectivity index (χ3v) is 5.37. The number of nitrogens with one attached hydrogen (secondary N) is 1. The first kappa shape index (κ1) is 18.0. The minimum Gasteiger partial charge on any atom is -0.396 e. The second-order valence-electron chi connectivity index (χ2n) is 5.78. The van der Waals surface area contributed by atoms with Crippen molar-refractivity contribution in [1.82, 2.24) is 9.71 Å². The molecule has 114 valence electrons. The Bertz CT molecular complexity index is 508. The van der Waals surface area contributed by atoms with Crippen LogP contribution in [-0.4, -0.2) is 25.7 Å². The van der Waals surface area contributed by atoms with E-state index in [1.54, 1.807) is 6.20 Å². The van der Waals surface area contributed by atoms with Crippen molar-refractivity contribution >= 4 is 38.5 Å². The van der Waals surface area contributed by atoms with Gasteiger partial charge in [0, 0.05) is 22.8 Å². The predicted molar refractivity (Wildman–Crippen MR) is 87.0 cm³/mol. The Hall–Kier alpha value is -0.0100. The lowest BCUT2D eigenvalue weighted by atomic mass is 9.91. The Morgan fingerprint density at radius 3 is 2.55 bits per heavy atom. The quantitative estimate of drug-likeness (QED) is 0.768. The molecule has 0 unspecified atom stereocenters. The monoisotopic (exact) mass is 382 g/mol. The van der Waals surface area contributed by atoms with E-state index in [4.69, 9.17) is 11.6 Å². The molecule has 0 saturated heterocycles. The molecule has 0 bridgehead atoms. The number of halogens is 2. The molecule has 1 heterocycles. The molecule has 2 N–H and O–H groups in total. The molecule has 0 fully saturated rings. The molecule has 0 aromatic carbocycles. The van der Waals surface area contributed by atoms with Crippen molar-refractivity contribution in [2.24, 2.45) is 0 Å². The molecule has 1 aromatic heterocycles.